The van der Waals surface area contributed by atoms with E-state index < -0.39 is 16.1 Å². The van der Waals surface area contributed by atoms with E-state index in [2.05, 4.69) is 15.0 Å². The number of nitrogens with one attached hydrogen (secondary N) is 2. The lowest BCUT2D eigenvalue weighted by atomic mass is 10.3. The molecule has 2 aromatic rings. The van der Waals surface area contributed by atoms with Gasteiger partial charge in [0.25, 0.3) is 0 Å². The van der Waals surface area contributed by atoms with Gasteiger partial charge in [-0.25, -0.2) is 18.1 Å². The van der Waals surface area contributed by atoms with Gasteiger partial charge in [0.05, 0.1) is 12.3 Å². The van der Waals surface area contributed by atoms with Crippen molar-refractivity contribution in [3.63, 3.8) is 0 Å². The Kier molecular flexibility index (Phi) is 4.41. The van der Waals surface area contributed by atoms with Gasteiger partial charge >= 0.3 is 0 Å². The largest absolute Gasteiger partial charge is 0.468 e. The molecule has 0 spiro atoms. The monoisotopic (exact) mass is 295 g/mol. The van der Waals surface area contributed by atoms with Crippen molar-refractivity contribution in [3.8, 4) is 0 Å². The molecule has 20 heavy (non-hydrogen) atoms. The third-order valence-corrected chi connectivity index (χ3v) is 4.28. The summed E-state index contributed by atoms with van der Waals surface area (Å²) in [6, 6.07) is 6.09. The lowest BCUT2D eigenvalue weighted by Crippen LogP contribution is -2.27. The first-order chi connectivity index (χ1) is 9.54. The first-order valence-corrected chi connectivity index (χ1v) is 7.77. The van der Waals surface area contributed by atoms with Crippen LogP contribution in [0, 0.1) is 0 Å². The van der Waals surface area contributed by atoms with Gasteiger partial charge < -0.3 is 9.73 Å². The van der Waals surface area contributed by atoms with Gasteiger partial charge in [-0.2, -0.15) is 0 Å². The maximum absolute atomic E-state index is 12.4. The third-order valence-electron chi connectivity index (χ3n) is 2.71. The van der Waals surface area contributed by atoms with Crippen molar-refractivity contribution < 1.29 is 12.8 Å². The molecule has 0 fully saturated rings. The molecule has 0 saturated heterocycles. The van der Waals surface area contributed by atoms with Gasteiger partial charge in [0.15, 0.2) is 0 Å². The molecule has 1 unspecified atom stereocenters. The van der Waals surface area contributed by atoms with Crippen molar-refractivity contribution in [3.05, 3.63) is 42.5 Å². The summed E-state index contributed by atoms with van der Waals surface area (Å²) in [6.07, 6.45) is 3.06. The number of pyridine rings is 1. The van der Waals surface area contributed by atoms with Crippen molar-refractivity contribution >= 4 is 15.8 Å². The summed E-state index contributed by atoms with van der Waals surface area (Å²) >= 11 is 0. The number of hydrogen-bond acceptors (Lipinski definition) is 5. The van der Waals surface area contributed by atoms with Gasteiger partial charge in [-0.1, -0.05) is 0 Å². The average molecular weight is 295 g/mol. The van der Waals surface area contributed by atoms with Crippen LogP contribution >= 0.6 is 0 Å². The quantitative estimate of drug-likeness (QED) is 0.853. The van der Waals surface area contributed by atoms with Gasteiger partial charge in [0, 0.05) is 12.7 Å². The van der Waals surface area contributed by atoms with Gasteiger partial charge in [0.2, 0.25) is 10.0 Å². The molecule has 2 aromatic heterocycles. The molecule has 0 aromatic carbocycles. The highest BCUT2D eigenvalue weighted by Crippen LogP contribution is 2.21. The van der Waals surface area contributed by atoms with E-state index in [-0.39, 0.29) is 4.90 Å². The molecule has 0 amide bonds. The predicted molar refractivity (Wildman–Crippen MR) is 75.8 cm³/mol. The molecular formula is C13H17N3O3S. The van der Waals surface area contributed by atoms with Crippen molar-refractivity contribution in [2.75, 3.05) is 11.9 Å². The molecule has 0 aliphatic heterocycles. The van der Waals surface area contributed by atoms with E-state index >= 15 is 0 Å². The summed E-state index contributed by atoms with van der Waals surface area (Å²) in [5.41, 5.74) is 0. The van der Waals surface area contributed by atoms with E-state index in [9.17, 15) is 8.42 Å². The number of furan rings is 1. The zero-order chi connectivity index (χ0) is 14.6. The first kappa shape index (κ1) is 14.5. The Morgan fingerprint density at radius 1 is 1.35 bits per heavy atom. The van der Waals surface area contributed by atoms with Crippen molar-refractivity contribution in [2.24, 2.45) is 0 Å². The third kappa shape index (κ3) is 3.17. The molecule has 0 saturated carbocycles. The van der Waals surface area contributed by atoms with Crippen molar-refractivity contribution in [1.29, 1.82) is 0 Å². The SMILES string of the molecule is CCNc1ncccc1S(=O)(=O)NC(C)c1ccco1. The molecule has 0 aliphatic rings. The van der Waals surface area contributed by atoms with E-state index in [4.69, 9.17) is 4.42 Å². The van der Waals surface area contributed by atoms with Crippen LogP contribution in [0.1, 0.15) is 25.6 Å². The molecule has 1 atom stereocenters. The molecule has 2 heterocycles. The number of rotatable bonds is 6. The van der Waals surface area contributed by atoms with Crippen LogP contribution in [0.15, 0.2) is 46.0 Å². The zero-order valence-corrected chi connectivity index (χ0v) is 12.1. The van der Waals surface area contributed by atoms with Gasteiger partial charge in [0.1, 0.15) is 16.5 Å². The Labute approximate surface area is 118 Å². The zero-order valence-electron chi connectivity index (χ0n) is 11.3. The van der Waals surface area contributed by atoms with Crippen molar-refractivity contribution in [1.82, 2.24) is 9.71 Å². The first-order valence-electron chi connectivity index (χ1n) is 6.29. The number of nitrogens with zero attached hydrogens (tertiary/aromatic N) is 1. The van der Waals surface area contributed by atoms with E-state index in [0.717, 1.165) is 0 Å². The summed E-state index contributed by atoms with van der Waals surface area (Å²) in [6.45, 7) is 4.19. The highest BCUT2D eigenvalue weighted by molar-refractivity contribution is 7.89. The summed E-state index contributed by atoms with van der Waals surface area (Å²) < 4.78 is 32.6. The number of anilines is 1. The van der Waals surface area contributed by atoms with Crippen molar-refractivity contribution in [2.45, 2.75) is 24.8 Å². The van der Waals surface area contributed by atoms with Crippen LogP contribution in [-0.4, -0.2) is 19.9 Å². The molecule has 108 valence electrons. The number of hydrogen-bond donors (Lipinski definition) is 2. The Morgan fingerprint density at radius 2 is 2.15 bits per heavy atom. The number of sulfonamides is 1. The Hall–Kier alpha value is -1.86. The second-order valence-corrected chi connectivity index (χ2v) is 5.92. The van der Waals surface area contributed by atoms with Gasteiger partial charge in [-0.3, -0.25) is 0 Å². The van der Waals surface area contributed by atoms with Crippen LogP contribution in [-0.2, 0) is 10.0 Å². The average Bonchev–Trinajstić information content (AvgIpc) is 2.93. The lowest BCUT2D eigenvalue weighted by molar-refractivity contribution is 0.459. The van der Waals surface area contributed by atoms with Crippen LogP contribution in [0.4, 0.5) is 5.82 Å². The molecule has 6 nitrogen and oxygen atoms in total. The highest BCUT2D eigenvalue weighted by Gasteiger charge is 2.23. The number of aromatic nitrogens is 1. The minimum atomic E-state index is -3.67. The minimum Gasteiger partial charge on any atom is -0.468 e. The molecule has 7 heteroatoms. The Morgan fingerprint density at radius 3 is 2.80 bits per heavy atom. The molecule has 0 aliphatic carbocycles. The summed E-state index contributed by atoms with van der Waals surface area (Å²) in [5, 5.41) is 2.94. The maximum atomic E-state index is 12.4. The van der Waals surface area contributed by atoms with Crippen LogP contribution in [0.5, 0.6) is 0 Å². The maximum Gasteiger partial charge on any atom is 0.244 e. The minimum absolute atomic E-state index is 0.125. The lowest BCUT2D eigenvalue weighted by Gasteiger charge is -2.14. The summed E-state index contributed by atoms with van der Waals surface area (Å²) in [4.78, 5) is 4.18. The second kappa shape index (κ2) is 6.06. The topological polar surface area (TPSA) is 84.2 Å². The highest BCUT2D eigenvalue weighted by atomic mass is 32.2. The fourth-order valence-corrected chi connectivity index (χ4v) is 3.15. The molecule has 2 rings (SSSR count). The van der Waals surface area contributed by atoms with E-state index in [1.807, 2.05) is 6.92 Å². The van der Waals surface area contributed by atoms with E-state index in [0.29, 0.717) is 18.1 Å². The fraction of sp³-hybridized carbons (Fsp3) is 0.308. The predicted octanol–water partition coefficient (Wildman–Crippen LogP) is 2.15. The smallest absolute Gasteiger partial charge is 0.244 e. The van der Waals surface area contributed by atoms with Gasteiger partial charge in [-0.15, -0.1) is 0 Å². The van der Waals surface area contributed by atoms with Crippen LogP contribution in [0.3, 0.4) is 0 Å². The molecular weight excluding hydrogens is 278 g/mol. The fourth-order valence-electron chi connectivity index (χ4n) is 1.80. The van der Waals surface area contributed by atoms with Crippen LogP contribution in [0.2, 0.25) is 0 Å². The summed E-state index contributed by atoms with van der Waals surface area (Å²) in [5.74, 6) is 0.900. The standard InChI is InChI=1S/C13H17N3O3S/c1-3-14-13-12(7-4-8-15-13)20(17,18)16-10(2)11-6-5-9-19-11/h4-10,16H,3H2,1-2H3,(H,14,15). The van der Waals surface area contributed by atoms with E-state index in [1.165, 1.54) is 12.3 Å². The second-order valence-electron chi connectivity index (χ2n) is 4.24. The molecule has 2 N–H and O–H groups in total. The Bertz CT molecular complexity index is 653. The normalized spacial score (nSPS) is 13.1. The molecule has 0 bridgehead atoms. The van der Waals surface area contributed by atoms with Gasteiger partial charge in [-0.05, 0) is 38.1 Å². The Balaban J connectivity index is 2.27. The summed E-state index contributed by atoms with van der Waals surface area (Å²) in [7, 11) is -3.67. The van der Waals surface area contributed by atoms with Crippen LogP contribution < -0.4 is 10.0 Å². The van der Waals surface area contributed by atoms with Crippen LogP contribution in [0.25, 0.3) is 0 Å². The van der Waals surface area contributed by atoms with E-state index in [1.54, 1.807) is 31.3 Å². The molecule has 0 radical (unpaired) electrons.